The third-order valence-corrected chi connectivity index (χ3v) is 7.99. The molecule has 49 heavy (non-hydrogen) atoms. The SMILES string of the molecule is COc1ccc(CCC(=O)c2c(O)cc(O[C@H]3[C@H](O[C@@H]4[C@@H](O)[C@H](O)[C@@H](CO)O[C@H]4O)O[C@@H](C)[C@H](O)[C@H]3O)cc2O)cc1O.c1ccncc1. The van der Waals surface area contributed by atoms with Crippen molar-refractivity contribution in [2.24, 2.45) is 0 Å². The van der Waals surface area contributed by atoms with Crippen LogP contribution in [0, 0.1) is 0 Å². The highest BCUT2D eigenvalue weighted by Gasteiger charge is 2.51. The fourth-order valence-electron chi connectivity index (χ4n) is 5.29. The molecule has 10 atom stereocenters. The molecule has 2 saturated heterocycles. The number of hydrogen-bond acceptors (Lipinski definition) is 16. The van der Waals surface area contributed by atoms with Gasteiger partial charge in [0.15, 0.2) is 36.0 Å². The first-order valence-electron chi connectivity index (χ1n) is 15.3. The van der Waals surface area contributed by atoms with Crippen molar-refractivity contribution >= 4 is 5.78 Å². The van der Waals surface area contributed by atoms with Gasteiger partial charge in [-0.3, -0.25) is 9.78 Å². The van der Waals surface area contributed by atoms with Crippen molar-refractivity contribution in [1.29, 1.82) is 0 Å². The number of methoxy groups -OCH3 is 1. The van der Waals surface area contributed by atoms with Gasteiger partial charge in [-0.2, -0.15) is 0 Å². The van der Waals surface area contributed by atoms with E-state index in [9.17, 15) is 50.8 Å². The lowest BCUT2D eigenvalue weighted by Crippen LogP contribution is -2.64. The third kappa shape index (κ3) is 9.13. The molecule has 5 rings (SSSR count). The van der Waals surface area contributed by atoms with Crippen LogP contribution in [0.15, 0.2) is 60.9 Å². The summed E-state index contributed by atoms with van der Waals surface area (Å²) >= 11 is 0. The van der Waals surface area contributed by atoms with E-state index in [1.54, 1.807) is 18.5 Å². The second kappa shape index (κ2) is 17.0. The number of carbonyl (C=O) groups excluding carboxylic acids is 1. The quantitative estimate of drug-likeness (QED) is 0.124. The minimum Gasteiger partial charge on any atom is -0.507 e. The van der Waals surface area contributed by atoms with E-state index in [2.05, 4.69) is 4.98 Å². The zero-order chi connectivity index (χ0) is 35.8. The van der Waals surface area contributed by atoms with Gasteiger partial charge in [0.05, 0.1) is 19.8 Å². The Morgan fingerprint density at radius 2 is 1.49 bits per heavy atom. The summed E-state index contributed by atoms with van der Waals surface area (Å²) in [5, 5.41) is 92.5. The number of Topliss-reactive ketones (excluding diaryl/α,β-unsaturated/α-hetero) is 1. The molecule has 0 aliphatic carbocycles. The van der Waals surface area contributed by atoms with E-state index >= 15 is 0 Å². The van der Waals surface area contributed by atoms with Gasteiger partial charge in [-0.15, -0.1) is 0 Å². The number of ketones is 1. The molecule has 2 aromatic carbocycles. The van der Waals surface area contributed by atoms with Crippen molar-refractivity contribution in [1.82, 2.24) is 4.98 Å². The highest BCUT2D eigenvalue weighted by atomic mass is 16.7. The number of pyridine rings is 1. The average molecular weight is 692 g/mol. The Bertz CT molecular complexity index is 1460. The fraction of sp³-hybridized carbons (Fsp3) is 0.455. The molecule has 0 amide bonds. The summed E-state index contributed by atoms with van der Waals surface area (Å²) in [4.78, 5) is 16.6. The summed E-state index contributed by atoms with van der Waals surface area (Å²) in [6.07, 6.45) is -12.0. The number of benzene rings is 2. The van der Waals surface area contributed by atoms with Gasteiger partial charge < -0.3 is 69.6 Å². The van der Waals surface area contributed by atoms with Gasteiger partial charge in [0.25, 0.3) is 0 Å². The zero-order valence-corrected chi connectivity index (χ0v) is 26.6. The molecule has 2 fully saturated rings. The Kier molecular flexibility index (Phi) is 13.1. The molecule has 268 valence electrons. The summed E-state index contributed by atoms with van der Waals surface area (Å²) in [6, 6.07) is 12.3. The molecule has 2 aliphatic rings. The first-order valence-corrected chi connectivity index (χ1v) is 15.3. The topological polar surface area (TPSA) is 258 Å². The maximum atomic E-state index is 12.9. The van der Waals surface area contributed by atoms with E-state index in [-0.39, 0.29) is 30.1 Å². The van der Waals surface area contributed by atoms with E-state index in [4.69, 9.17) is 23.7 Å². The summed E-state index contributed by atoms with van der Waals surface area (Å²) in [6.45, 7) is 0.707. The molecule has 9 N–H and O–H groups in total. The lowest BCUT2D eigenvalue weighted by molar-refractivity contribution is -0.356. The van der Waals surface area contributed by atoms with Gasteiger partial charge in [-0.1, -0.05) is 12.1 Å². The molecular weight excluding hydrogens is 650 g/mol. The zero-order valence-electron chi connectivity index (χ0n) is 26.6. The van der Waals surface area contributed by atoms with Crippen LogP contribution in [0.5, 0.6) is 28.7 Å². The van der Waals surface area contributed by atoms with Crippen LogP contribution in [-0.4, -0.2) is 132 Å². The lowest BCUT2D eigenvalue weighted by atomic mass is 9.97. The van der Waals surface area contributed by atoms with E-state index in [1.165, 1.54) is 26.2 Å². The second-order valence-electron chi connectivity index (χ2n) is 11.4. The molecular formula is C33H41NO15. The third-order valence-electron chi connectivity index (χ3n) is 7.99. The largest absolute Gasteiger partial charge is 0.507 e. The molecule has 0 radical (unpaired) electrons. The number of nitrogens with zero attached hydrogens (tertiary/aromatic N) is 1. The Morgan fingerprint density at radius 1 is 0.837 bits per heavy atom. The van der Waals surface area contributed by atoms with Crippen LogP contribution in [0.1, 0.15) is 29.3 Å². The molecule has 16 nitrogen and oxygen atoms in total. The number of phenolic OH excluding ortho intramolecular Hbond substituents is 3. The summed E-state index contributed by atoms with van der Waals surface area (Å²) in [5.74, 6) is -2.04. The van der Waals surface area contributed by atoms with Crippen LogP contribution in [-0.2, 0) is 20.6 Å². The van der Waals surface area contributed by atoms with Crippen LogP contribution < -0.4 is 9.47 Å². The van der Waals surface area contributed by atoms with Gasteiger partial charge >= 0.3 is 0 Å². The van der Waals surface area contributed by atoms with E-state index in [0.29, 0.717) is 5.56 Å². The molecule has 16 heteroatoms. The van der Waals surface area contributed by atoms with E-state index in [1.807, 2.05) is 18.2 Å². The van der Waals surface area contributed by atoms with Gasteiger partial charge in [0.1, 0.15) is 59.4 Å². The van der Waals surface area contributed by atoms with Gasteiger partial charge in [-0.25, -0.2) is 0 Å². The fourth-order valence-corrected chi connectivity index (χ4v) is 5.29. The highest BCUT2D eigenvalue weighted by Crippen LogP contribution is 2.37. The first-order chi connectivity index (χ1) is 23.4. The summed E-state index contributed by atoms with van der Waals surface area (Å²) < 4.78 is 27.0. The number of aryl methyl sites for hydroxylation is 1. The monoisotopic (exact) mass is 691 g/mol. The standard InChI is InChI=1S/C28H36O15.C5H5N/c1-11-21(34)23(36)26(28(40-11)43-25-24(37)22(35)19(10-29)42-27(25)38)41-13-8-16(32)20(17(33)9-13)14(30)5-3-12-4-6-18(39-2)15(31)7-12;1-2-4-6-5-3-1/h4,6-9,11,19,21-29,31-38H,3,5,10H2,1-2H3;1-5H/t11-,19+,21-,22+,23+,24-,25+,26+,27+,28-;/m0./s1. The van der Waals surface area contributed by atoms with Gasteiger partial charge in [0.2, 0.25) is 0 Å². The highest BCUT2D eigenvalue weighted by molar-refractivity contribution is 6.01. The van der Waals surface area contributed by atoms with Crippen molar-refractivity contribution < 1.29 is 74.4 Å². The minimum atomic E-state index is -1.83. The molecule has 1 aromatic heterocycles. The Labute approximate surface area is 280 Å². The van der Waals surface area contributed by atoms with Crippen LogP contribution in [0.3, 0.4) is 0 Å². The Morgan fingerprint density at radius 3 is 2.04 bits per heavy atom. The predicted octanol–water partition coefficient (Wildman–Crippen LogP) is -0.260. The van der Waals surface area contributed by atoms with Crippen LogP contribution >= 0.6 is 0 Å². The normalized spacial score (nSPS) is 29.7. The number of aliphatic hydroxyl groups is 6. The number of ether oxygens (including phenoxy) is 5. The maximum Gasteiger partial charge on any atom is 0.198 e. The molecule has 3 heterocycles. The lowest BCUT2D eigenvalue weighted by Gasteiger charge is -2.45. The van der Waals surface area contributed by atoms with Gasteiger partial charge in [0, 0.05) is 30.9 Å². The molecule has 0 spiro atoms. The number of aromatic nitrogens is 1. The number of aromatic hydroxyl groups is 3. The predicted molar refractivity (Wildman–Crippen MR) is 167 cm³/mol. The van der Waals surface area contributed by atoms with Crippen molar-refractivity contribution in [2.75, 3.05) is 13.7 Å². The first kappa shape index (κ1) is 37.7. The summed E-state index contributed by atoms with van der Waals surface area (Å²) in [7, 11) is 1.40. The van der Waals surface area contributed by atoms with Crippen LogP contribution in [0.4, 0.5) is 0 Å². The minimum absolute atomic E-state index is 0.110. The number of phenols is 3. The average Bonchev–Trinajstić information content (AvgIpc) is 3.08. The number of hydrogen-bond donors (Lipinski definition) is 9. The van der Waals surface area contributed by atoms with Crippen LogP contribution in [0.2, 0.25) is 0 Å². The molecule has 0 unspecified atom stereocenters. The molecule has 3 aromatic rings. The van der Waals surface area contributed by atoms with Gasteiger partial charge in [-0.05, 0) is 43.2 Å². The molecule has 2 aliphatic heterocycles. The maximum absolute atomic E-state index is 12.9. The smallest absolute Gasteiger partial charge is 0.198 e. The number of rotatable bonds is 10. The molecule has 0 bridgehead atoms. The number of aliphatic hydroxyl groups excluding tert-OH is 6. The Balaban J connectivity index is 0.000000812. The van der Waals surface area contributed by atoms with Crippen molar-refractivity contribution in [3.05, 3.63) is 72.1 Å². The summed E-state index contributed by atoms with van der Waals surface area (Å²) in [5.41, 5.74) is 0.207. The van der Waals surface area contributed by atoms with Crippen molar-refractivity contribution in [3.63, 3.8) is 0 Å². The van der Waals surface area contributed by atoms with Crippen molar-refractivity contribution in [3.8, 4) is 28.7 Å². The van der Waals surface area contributed by atoms with Crippen LogP contribution in [0.25, 0.3) is 0 Å². The second-order valence-corrected chi connectivity index (χ2v) is 11.4. The molecule has 0 saturated carbocycles. The number of carbonyl (C=O) groups is 1. The van der Waals surface area contributed by atoms with Crippen molar-refractivity contribution in [2.45, 2.75) is 81.2 Å². The van der Waals surface area contributed by atoms with E-state index in [0.717, 1.165) is 12.1 Å². The Hall–Kier alpha value is -4.10. The van der Waals surface area contributed by atoms with E-state index < -0.39 is 90.9 Å².